The SMILES string of the molecule is CCCCCC/C=C/CC/C=C/C(O)C(COP(=O)(O)OCC[N+](C)(C)C)NC(=O)CCCCCCCCCCCCCCCCCCCCCCCCCCCCC/C=C\CCCCCCCCCC. The lowest BCUT2D eigenvalue weighted by atomic mass is 10.0. The highest BCUT2D eigenvalue weighted by Crippen LogP contribution is 2.43. The Hall–Kier alpha value is -1.28. The fourth-order valence-corrected chi connectivity index (χ4v) is 9.97. The van der Waals surface area contributed by atoms with Crippen LogP contribution in [-0.2, 0) is 18.4 Å². The summed E-state index contributed by atoms with van der Waals surface area (Å²) < 4.78 is 23.6. The molecule has 0 aromatic heterocycles. The molecule has 0 saturated heterocycles. The first-order chi connectivity index (χ1) is 34.5. The van der Waals surface area contributed by atoms with Gasteiger partial charge in [-0.05, 0) is 57.8 Å². The minimum Gasteiger partial charge on any atom is -0.387 e. The number of aliphatic hydroxyl groups excluding tert-OH is 1. The molecule has 3 atom stereocenters. The van der Waals surface area contributed by atoms with Crippen molar-refractivity contribution in [1.82, 2.24) is 5.32 Å². The van der Waals surface area contributed by atoms with E-state index in [0.717, 1.165) is 38.5 Å². The normalized spacial score (nSPS) is 14.1. The molecular weight excluding hydrogens is 900 g/mol. The number of hydrogen-bond donors (Lipinski definition) is 3. The number of phosphoric acid groups is 1. The van der Waals surface area contributed by atoms with Gasteiger partial charge in [-0.3, -0.25) is 13.8 Å². The second kappa shape index (κ2) is 53.5. The number of carbonyl (C=O) groups excluding carboxylic acids is 1. The van der Waals surface area contributed by atoms with Gasteiger partial charge in [-0.25, -0.2) is 4.57 Å². The largest absolute Gasteiger partial charge is 0.472 e. The Morgan fingerprint density at radius 1 is 0.465 bits per heavy atom. The number of quaternary nitrogens is 1. The smallest absolute Gasteiger partial charge is 0.387 e. The van der Waals surface area contributed by atoms with Crippen molar-refractivity contribution in [2.24, 2.45) is 0 Å². The Bertz CT molecular complexity index is 1250. The van der Waals surface area contributed by atoms with Crippen LogP contribution in [0.15, 0.2) is 36.5 Å². The average Bonchev–Trinajstić information content (AvgIpc) is 3.33. The molecule has 0 aliphatic carbocycles. The minimum atomic E-state index is -4.34. The van der Waals surface area contributed by atoms with E-state index in [-0.39, 0.29) is 19.1 Å². The Kier molecular flexibility index (Phi) is 52.6. The fraction of sp³-hybridized carbons (Fsp3) is 0.887. The molecule has 0 saturated carbocycles. The van der Waals surface area contributed by atoms with Crippen LogP contribution in [0.1, 0.15) is 303 Å². The van der Waals surface area contributed by atoms with E-state index in [9.17, 15) is 19.4 Å². The molecule has 9 heteroatoms. The number of carbonyl (C=O) groups is 1. The monoisotopic (exact) mass is 1020 g/mol. The second-order valence-electron chi connectivity index (χ2n) is 22.4. The highest BCUT2D eigenvalue weighted by molar-refractivity contribution is 7.47. The maximum atomic E-state index is 12.9. The number of phosphoric ester groups is 1. The minimum absolute atomic E-state index is 0.0575. The number of hydrogen-bond acceptors (Lipinski definition) is 5. The van der Waals surface area contributed by atoms with Crippen LogP contribution in [-0.4, -0.2) is 73.4 Å². The van der Waals surface area contributed by atoms with E-state index in [0.29, 0.717) is 17.4 Å². The topological polar surface area (TPSA) is 105 Å². The van der Waals surface area contributed by atoms with E-state index in [2.05, 4.69) is 43.5 Å². The number of amides is 1. The van der Waals surface area contributed by atoms with E-state index in [1.165, 1.54) is 244 Å². The number of nitrogens with one attached hydrogen (secondary N) is 1. The van der Waals surface area contributed by atoms with Gasteiger partial charge in [-0.2, -0.15) is 0 Å². The zero-order valence-electron chi connectivity index (χ0n) is 48.0. The molecule has 8 nitrogen and oxygen atoms in total. The Morgan fingerprint density at radius 3 is 1.14 bits per heavy atom. The molecule has 71 heavy (non-hydrogen) atoms. The third-order valence-corrected chi connectivity index (χ3v) is 15.1. The lowest BCUT2D eigenvalue weighted by molar-refractivity contribution is -0.870. The molecule has 3 unspecified atom stereocenters. The molecular formula is C62H122N2O6P+. The molecule has 420 valence electrons. The third kappa shape index (κ3) is 56.3. The molecule has 0 fully saturated rings. The molecule has 0 aromatic carbocycles. The number of allylic oxidation sites excluding steroid dienone is 5. The number of likely N-dealkylation sites (N-methyl/N-ethyl adjacent to an activating group) is 1. The van der Waals surface area contributed by atoms with Crippen molar-refractivity contribution in [3.8, 4) is 0 Å². The van der Waals surface area contributed by atoms with Crippen molar-refractivity contribution < 1.29 is 32.9 Å². The van der Waals surface area contributed by atoms with Crippen LogP contribution in [0.4, 0.5) is 0 Å². The van der Waals surface area contributed by atoms with E-state index in [4.69, 9.17) is 9.05 Å². The van der Waals surface area contributed by atoms with Gasteiger partial charge in [0.2, 0.25) is 5.91 Å². The Balaban J connectivity index is 3.80. The van der Waals surface area contributed by atoms with Crippen molar-refractivity contribution in [3.63, 3.8) is 0 Å². The summed E-state index contributed by atoms with van der Waals surface area (Å²) in [5.41, 5.74) is 0. The molecule has 0 radical (unpaired) electrons. The molecule has 0 aromatic rings. The van der Waals surface area contributed by atoms with Crippen LogP contribution in [0.25, 0.3) is 0 Å². The van der Waals surface area contributed by atoms with Gasteiger partial charge in [0.25, 0.3) is 0 Å². The third-order valence-electron chi connectivity index (χ3n) is 14.1. The number of aliphatic hydroxyl groups is 1. The van der Waals surface area contributed by atoms with Crippen LogP contribution in [0.5, 0.6) is 0 Å². The van der Waals surface area contributed by atoms with E-state index < -0.39 is 20.0 Å². The molecule has 0 bridgehead atoms. The summed E-state index contributed by atoms with van der Waals surface area (Å²) in [7, 11) is 1.56. The quantitative estimate of drug-likeness (QED) is 0.0243. The van der Waals surface area contributed by atoms with Crippen LogP contribution in [0.3, 0.4) is 0 Å². The van der Waals surface area contributed by atoms with Gasteiger partial charge in [-0.15, -0.1) is 0 Å². The van der Waals surface area contributed by atoms with E-state index >= 15 is 0 Å². The summed E-state index contributed by atoms with van der Waals surface area (Å²) in [6.07, 6.45) is 70.2. The van der Waals surface area contributed by atoms with Crippen molar-refractivity contribution in [2.45, 2.75) is 315 Å². The summed E-state index contributed by atoms with van der Waals surface area (Å²) in [5, 5.41) is 13.8. The first-order valence-electron chi connectivity index (χ1n) is 30.9. The fourth-order valence-electron chi connectivity index (χ4n) is 9.23. The maximum Gasteiger partial charge on any atom is 0.472 e. The van der Waals surface area contributed by atoms with Crippen molar-refractivity contribution in [1.29, 1.82) is 0 Å². The van der Waals surface area contributed by atoms with Gasteiger partial charge in [0.1, 0.15) is 13.2 Å². The van der Waals surface area contributed by atoms with Gasteiger partial charge in [0, 0.05) is 6.42 Å². The van der Waals surface area contributed by atoms with Crippen LogP contribution in [0.2, 0.25) is 0 Å². The summed E-state index contributed by atoms with van der Waals surface area (Å²) in [5.74, 6) is -0.184. The number of rotatable bonds is 57. The molecule has 0 rings (SSSR count). The Labute approximate surface area is 442 Å². The lowest BCUT2D eigenvalue weighted by Gasteiger charge is -2.25. The zero-order chi connectivity index (χ0) is 52.0. The van der Waals surface area contributed by atoms with Crippen LogP contribution < -0.4 is 5.32 Å². The molecule has 0 spiro atoms. The predicted molar refractivity (Wildman–Crippen MR) is 309 cm³/mol. The van der Waals surface area contributed by atoms with Gasteiger partial charge < -0.3 is 19.8 Å². The molecule has 0 aliphatic heterocycles. The summed E-state index contributed by atoms with van der Waals surface area (Å²) in [4.78, 5) is 23.2. The van der Waals surface area contributed by atoms with Gasteiger partial charge >= 0.3 is 7.82 Å². The summed E-state index contributed by atoms with van der Waals surface area (Å²) in [6.45, 7) is 4.78. The van der Waals surface area contributed by atoms with Crippen molar-refractivity contribution in [2.75, 3.05) is 40.9 Å². The first-order valence-corrected chi connectivity index (χ1v) is 32.4. The van der Waals surface area contributed by atoms with Crippen molar-refractivity contribution in [3.05, 3.63) is 36.5 Å². The molecule has 0 heterocycles. The van der Waals surface area contributed by atoms with Gasteiger partial charge in [0.15, 0.2) is 0 Å². The highest BCUT2D eigenvalue weighted by Gasteiger charge is 2.27. The van der Waals surface area contributed by atoms with Crippen LogP contribution >= 0.6 is 7.82 Å². The number of unbranched alkanes of at least 4 members (excludes halogenated alkanes) is 40. The molecule has 0 aliphatic rings. The lowest BCUT2D eigenvalue weighted by Crippen LogP contribution is -2.45. The maximum absolute atomic E-state index is 12.9. The van der Waals surface area contributed by atoms with E-state index in [1.807, 2.05) is 27.2 Å². The second-order valence-corrected chi connectivity index (χ2v) is 23.9. The number of nitrogens with zero attached hydrogens (tertiary/aromatic N) is 1. The van der Waals surface area contributed by atoms with E-state index in [1.54, 1.807) is 6.08 Å². The van der Waals surface area contributed by atoms with Gasteiger partial charge in [-0.1, -0.05) is 275 Å². The molecule has 3 N–H and O–H groups in total. The standard InChI is InChI=1S/C62H121N2O6P/c1-6-8-10-12-14-16-18-19-20-21-22-23-24-25-26-27-28-29-30-31-32-33-34-35-36-37-38-39-40-41-42-43-44-45-46-48-50-52-54-56-62(66)63-60(59-70-71(67,68)69-58-57-64(3,4)5)61(65)55-53-51-49-47-17-15-13-11-9-7-2/h17,21-22,47,53,55,60-61,65H,6-16,18-20,23-46,48-52,54,56-59H2,1-5H3,(H-,63,66,67,68)/p+1/b22-21-,47-17+,55-53+. The van der Waals surface area contributed by atoms with Crippen molar-refractivity contribution >= 4 is 13.7 Å². The highest BCUT2D eigenvalue weighted by atomic mass is 31.2. The summed E-state index contributed by atoms with van der Waals surface area (Å²) in [6, 6.07) is -0.859. The average molecular weight is 1020 g/mol. The Morgan fingerprint density at radius 2 is 0.775 bits per heavy atom. The van der Waals surface area contributed by atoms with Gasteiger partial charge in [0.05, 0.1) is 39.9 Å². The zero-order valence-corrected chi connectivity index (χ0v) is 48.9. The first kappa shape index (κ1) is 69.7. The summed E-state index contributed by atoms with van der Waals surface area (Å²) >= 11 is 0. The molecule has 1 amide bonds. The predicted octanol–water partition coefficient (Wildman–Crippen LogP) is 18.9. The van der Waals surface area contributed by atoms with Crippen LogP contribution in [0, 0.1) is 0 Å².